The molecule has 20 heavy (non-hydrogen) atoms. The van der Waals surface area contributed by atoms with Crippen LogP contribution in [0.1, 0.15) is 44.8 Å². The van der Waals surface area contributed by atoms with Crippen LogP contribution < -0.4 is 5.32 Å². The average Bonchev–Trinajstić information content (AvgIpc) is 2.89. The van der Waals surface area contributed by atoms with E-state index in [4.69, 9.17) is 4.74 Å². The second-order valence-corrected chi connectivity index (χ2v) is 6.06. The Kier molecular flexibility index (Phi) is 6.02. The molecule has 2 rings (SSSR count). The quantitative estimate of drug-likeness (QED) is 0.805. The summed E-state index contributed by atoms with van der Waals surface area (Å²) in [5.74, 6) is 0.819. The summed E-state index contributed by atoms with van der Waals surface area (Å²) in [6.07, 6.45) is 3.35. The van der Waals surface area contributed by atoms with E-state index in [1.165, 1.54) is 19.3 Å². The predicted molar refractivity (Wildman–Crippen MR) is 81.6 cm³/mol. The molecule has 1 aromatic rings. The lowest BCUT2D eigenvalue weighted by Crippen LogP contribution is -2.36. The molecule has 0 bridgehead atoms. The molecule has 0 radical (unpaired) electrons. The van der Waals surface area contributed by atoms with Crippen LogP contribution in [0.15, 0.2) is 30.3 Å². The summed E-state index contributed by atoms with van der Waals surface area (Å²) in [5.41, 5.74) is 1.15. The number of aliphatic hydroxyl groups is 1. The van der Waals surface area contributed by atoms with E-state index in [9.17, 15) is 5.11 Å². The summed E-state index contributed by atoms with van der Waals surface area (Å²) >= 11 is 0. The zero-order valence-electron chi connectivity index (χ0n) is 12.6. The molecule has 4 unspecified atom stereocenters. The topological polar surface area (TPSA) is 41.5 Å². The Hall–Kier alpha value is -0.900. The third-order valence-electron chi connectivity index (χ3n) is 4.14. The zero-order valence-corrected chi connectivity index (χ0v) is 12.6. The number of benzene rings is 1. The normalized spacial score (nSPS) is 25.6. The van der Waals surface area contributed by atoms with Crippen LogP contribution in [-0.4, -0.2) is 30.4 Å². The minimum Gasteiger partial charge on any atom is -0.389 e. The summed E-state index contributed by atoms with van der Waals surface area (Å²) in [6, 6.07) is 10.7. The Bertz CT molecular complexity index is 382. The van der Waals surface area contributed by atoms with Crippen molar-refractivity contribution in [3.05, 3.63) is 35.9 Å². The van der Waals surface area contributed by atoms with Gasteiger partial charge in [0.05, 0.1) is 18.8 Å². The van der Waals surface area contributed by atoms with Crippen molar-refractivity contribution in [2.75, 3.05) is 13.2 Å². The number of hydrogen-bond donors (Lipinski definition) is 2. The van der Waals surface area contributed by atoms with Crippen LogP contribution in [0.5, 0.6) is 0 Å². The van der Waals surface area contributed by atoms with Gasteiger partial charge in [-0.25, -0.2) is 0 Å². The molecular formula is C17H27NO2. The van der Waals surface area contributed by atoms with Crippen LogP contribution in [0.2, 0.25) is 0 Å². The molecule has 0 aliphatic heterocycles. The van der Waals surface area contributed by atoms with Gasteiger partial charge in [0.25, 0.3) is 0 Å². The van der Waals surface area contributed by atoms with Crippen LogP contribution in [-0.2, 0) is 4.74 Å². The fourth-order valence-corrected chi connectivity index (χ4v) is 2.83. The third-order valence-corrected chi connectivity index (χ3v) is 4.14. The molecule has 112 valence electrons. The van der Waals surface area contributed by atoms with E-state index in [-0.39, 0.29) is 6.10 Å². The van der Waals surface area contributed by atoms with E-state index in [2.05, 4.69) is 24.4 Å². The molecule has 4 atom stereocenters. The highest BCUT2D eigenvalue weighted by atomic mass is 16.5. The van der Waals surface area contributed by atoms with Crippen molar-refractivity contribution in [2.24, 2.45) is 5.92 Å². The summed E-state index contributed by atoms with van der Waals surface area (Å²) < 4.78 is 5.74. The molecule has 0 spiro atoms. The van der Waals surface area contributed by atoms with Crippen molar-refractivity contribution < 1.29 is 9.84 Å². The second-order valence-electron chi connectivity index (χ2n) is 6.06. The van der Waals surface area contributed by atoms with Crippen LogP contribution in [0.25, 0.3) is 0 Å². The Labute approximate surface area is 122 Å². The summed E-state index contributed by atoms with van der Waals surface area (Å²) in [7, 11) is 0. The van der Waals surface area contributed by atoms with Gasteiger partial charge in [-0.05, 0) is 37.7 Å². The van der Waals surface area contributed by atoms with Crippen LogP contribution in [0.3, 0.4) is 0 Å². The molecule has 0 amide bonds. The summed E-state index contributed by atoms with van der Waals surface area (Å²) in [6.45, 7) is 5.32. The molecule has 3 heteroatoms. The van der Waals surface area contributed by atoms with E-state index in [1.807, 2.05) is 25.1 Å². The first-order chi connectivity index (χ1) is 9.65. The van der Waals surface area contributed by atoms with E-state index in [0.29, 0.717) is 19.2 Å². The molecule has 0 saturated heterocycles. The van der Waals surface area contributed by atoms with E-state index in [0.717, 1.165) is 11.5 Å². The highest BCUT2D eigenvalue weighted by Gasteiger charge is 2.21. The first-order valence-electron chi connectivity index (χ1n) is 7.73. The fourth-order valence-electron chi connectivity index (χ4n) is 2.83. The fraction of sp³-hybridized carbons (Fsp3) is 0.647. The highest BCUT2D eigenvalue weighted by Crippen LogP contribution is 2.24. The molecule has 1 aliphatic rings. The molecule has 3 nitrogen and oxygen atoms in total. The predicted octanol–water partition coefficient (Wildman–Crippen LogP) is 2.90. The first kappa shape index (κ1) is 15.5. The lowest BCUT2D eigenvalue weighted by Gasteiger charge is -2.19. The van der Waals surface area contributed by atoms with Gasteiger partial charge in [-0.2, -0.15) is 0 Å². The maximum Gasteiger partial charge on any atom is 0.0898 e. The summed E-state index contributed by atoms with van der Waals surface area (Å²) in [4.78, 5) is 0. The van der Waals surface area contributed by atoms with E-state index < -0.39 is 6.10 Å². The second kappa shape index (κ2) is 7.77. The monoisotopic (exact) mass is 277 g/mol. The molecule has 1 fully saturated rings. The van der Waals surface area contributed by atoms with E-state index >= 15 is 0 Å². The highest BCUT2D eigenvalue weighted by molar-refractivity contribution is 5.16. The molecule has 2 N–H and O–H groups in total. The van der Waals surface area contributed by atoms with E-state index in [1.54, 1.807) is 0 Å². The molecule has 1 aromatic carbocycles. The maximum atomic E-state index is 9.98. The number of hydrogen-bond acceptors (Lipinski definition) is 3. The van der Waals surface area contributed by atoms with Crippen molar-refractivity contribution in [3.63, 3.8) is 0 Å². The van der Waals surface area contributed by atoms with Crippen molar-refractivity contribution in [2.45, 2.75) is 51.4 Å². The minimum atomic E-state index is -0.433. The SMILES string of the molecule is CC1CCC(NCC(O)COC(C)c2ccccc2)C1. The van der Waals surface area contributed by atoms with Crippen LogP contribution in [0, 0.1) is 5.92 Å². The van der Waals surface area contributed by atoms with Crippen LogP contribution in [0.4, 0.5) is 0 Å². The zero-order chi connectivity index (χ0) is 14.4. The number of ether oxygens (including phenoxy) is 1. The standard InChI is InChI=1S/C17H27NO2/c1-13-8-9-16(10-13)18-11-17(19)12-20-14(2)15-6-4-3-5-7-15/h3-7,13-14,16-19H,8-12H2,1-2H3. The van der Waals surface area contributed by atoms with Gasteiger partial charge in [0.2, 0.25) is 0 Å². The van der Waals surface area contributed by atoms with Crippen molar-refractivity contribution in [3.8, 4) is 0 Å². The van der Waals surface area contributed by atoms with Gasteiger partial charge in [0, 0.05) is 12.6 Å². The van der Waals surface area contributed by atoms with Crippen molar-refractivity contribution in [1.29, 1.82) is 0 Å². The lowest BCUT2D eigenvalue weighted by molar-refractivity contribution is -0.00286. The van der Waals surface area contributed by atoms with Crippen molar-refractivity contribution in [1.82, 2.24) is 5.32 Å². The number of aliphatic hydroxyl groups excluding tert-OH is 1. The van der Waals surface area contributed by atoms with Gasteiger partial charge in [-0.3, -0.25) is 0 Å². The van der Waals surface area contributed by atoms with Gasteiger partial charge in [0.15, 0.2) is 0 Å². The Morgan fingerprint density at radius 2 is 2.05 bits per heavy atom. The molecule has 1 saturated carbocycles. The van der Waals surface area contributed by atoms with Gasteiger partial charge in [-0.1, -0.05) is 37.3 Å². The van der Waals surface area contributed by atoms with Gasteiger partial charge < -0.3 is 15.2 Å². The Morgan fingerprint density at radius 1 is 1.30 bits per heavy atom. The van der Waals surface area contributed by atoms with Crippen molar-refractivity contribution >= 4 is 0 Å². The number of nitrogens with one attached hydrogen (secondary N) is 1. The molecule has 0 heterocycles. The summed E-state index contributed by atoms with van der Waals surface area (Å²) in [5, 5.41) is 13.4. The first-order valence-corrected chi connectivity index (χ1v) is 7.73. The Morgan fingerprint density at radius 3 is 2.70 bits per heavy atom. The largest absolute Gasteiger partial charge is 0.389 e. The average molecular weight is 277 g/mol. The van der Waals surface area contributed by atoms with Crippen LogP contribution >= 0.6 is 0 Å². The van der Waals surface area contributed by atoms with Gasteiger partial charge in [0.1, 0.15) is 0 Å². The van der Waals surface area contributed by atoms with Gasteiger partial charge >= 0.3 is 0 Å². The molecular weight excluding hydrogens is 250 g/mol. The molecule has 0 aromatic heterocycles. The maximum absolute atomic E-state index is 9.98. The number of rotatable bonds is 7. The minimum absolute atomic E-state index is 0.0253. The third kappa shape index (κ3) is 4.89. The lowest BCUT2D eigenvalue weighted by atomic mass is 10.1. The smallest absolute Gasteiger partial charge is 0.0898 e. The molecule has 1 aliphatic carbocycles. The Balaban J connectivity index is 1.63. The van der Waals surface area contributed by atoms with Gasteiger partial charge in [-0.15, -0.1) is 0 Å².